The quantitative estimate of drug-likeness (QED) is 0.390. The maximum absolute atomic E-state index is 11.3. The average Bonchev–Trinajstić information content (AvgIpc) is 2.65. The van der Waals surface area contributed by atoms with Crippen LogP contribution in [0.15, 0.2) is 69.7 Å². The number of hydrogen-bond acceptors (Lipinski definition) is 7. The fourth-order valence-corrected chi connectivity index (χ4v) is 3.05. The van der Waals surface area contributed by atoms with Crippen molar-refractivity contribution < 1.29 is 17.8 Å². The Morgan fingerprint density at radius 3 is 2.36 bits per heavy atom. The third-order valence-electron chi connectivity index (χ3n) is 3.80. The molecule has 0 heterocycles. The summed E-state index contributed by atoms with van der Waals surface area (Å²) in [5.41, 5.74) is 1.59. The number of nitrogens with zero attached hydrogens (tertiary/aromatic N) is 4. The van der Waals surface area contributed by atoms with Crippen LogP contribution in [-0.4, -0.2) is 18.9 Å². The van der Waals surface area contributed by atoms with Gasteiger partial charge in [-0.3, -0.25) is 4.79 Å². The van der Waals surface area contributed by atoms with Crippen LogP contribution in [0.1, 0.15) is 6.92 Å². The van der Waals surface area contributed by atoms with E-state index in [4.69, 9.17) is 5.39 Å². The Morgan fingerprint density at radius 2 is 1.75 bits per heavy atom. The minimum Gasteiger partial charge on any atom is -0.744 e. The molecule has 0 bridgehead atoms. The van der Waals surface area contributed by atoms with Gasteiger partial charge in [-0.05, 0) is 48.5 Å². The Labute approximate surface area is 160 Å². The van der Waals surface area contributed by atoms with Gasteiger partial charge in [-0.1, -0.05) is 0 Å². The van der Waals surface area contributed by atoms with Gasteiger partial charge in [-0.25, -0.2) is 8.42 Å². The molecule has 140 valence electrons. The van der Waals surface area contributed by atoms with Gasteiger partial charge in [0.2, 0.25) is 11.3 Å². The Kier molecular flexibility index (Phi) is 5.12. The Bertz CT molecular complexity index is 1250. The lowest BCUT2D eigenvalue weighted by molar-refractivity contribution is -0.114. The lowest BCUT2D eigenvalue weighted by Crippen LogP contribution is -2.04. The first-order valence-corrected chi connectivity index (χ1v) is 9.36. The minimum atomic E-state index is -4.66. The number of amides is 1. The average molecular weight is 395 g/mol. The normalized spacial score (nSPS) is 11.5. The molecule has 0 aromatic heterocycles. The second-order valence-corrected chi connectivity index (χ2v) is 7.17. The van der Waals surface area contributed by atoms with E-state index in [-0.39, 0.29) is 11.6 Å². The van der Waals surface area contributed by atoms with E-state index in [9.17, 15) is 17.8 Å². The van der Waals surface area contributed by atoms with Crippen LogP contribution < -0.4 is 5.32 Å². The number of diazo groups is 1. The topological polar surface area (TPSA) is 139 Å². The van der Waals surface area contributed by atoms with Gasteiger partial charge in [-0.2, -0.15) is 5.11 Å². The van der Waals surface area contributed by atoms with Crippen molar-refractivity contribution in [1.82, 2.24) is 0 Å². The van der Waals surface area contributed by atoms with Gasteiger partial charge in [0.25, 0.3) is 0 Å². The molecule has 28 heavy (non-hydrogen) atoms. The summed E-state index contributed by atoms with van der Waals surface area (Å²) >= 11 is 0. The van der Waals surface area contributed by atoms with Gasteiger partial charge in [0.1, 0.15) is 10.1 Å². The third-order valence-corrected chi connectivity index (χ3v) is 4.63. The molecule has 0 aliphatic heterocycles. The van der Waals surface area contributed by atoms with E-state index >= 15 is 0 Å². The predicted octanol–water partition coefficient (Wildman–Crippen LogP) is 4.60. The van der Waals surface area contributed by atoms with Gasteiger partial charge < -0.3 is 9.87 Å². The highest BCUT2D eigenvalue weighted by Crippen LogP contribution is 2.36. The molecule has 1 amide bonds. The molecule has 0 fully saturated rings. The van der Waals surface area contributed by atoms with Crippen LogP contribution in [0.25, 0.3) is 15.7 Å². The molecule has 0 atom stereocenters. The summed E-state index contributed by atoms with van der Waals surface area (Å²) in [7, 11) is -4.66. The van der Waals surface area contributed by atoms with Gasteiger partial charge in [0, 0.05) is 24.1 Å². The zero-order valence-corrected chi connectivity index (χ0v) is 15.3. The van der Waals surface area contributed by atoms with E-state index in [0.717, 1.165) is 6.07 Å². The van der Waals surface area contributed by atoms with E-state index < -0.39 is 15.0 Å². The number of hydrogen-bond donors (Lipinski definition) is 1. The number of anilines is 1. The number of nitrogens with one attached hydrogen (secondary N) is 1. The number of benzene rings is 3. The number of carbonyl (C=O) groups excluding carboxylic acids is 1. The summed E-state index contributed by atoms with van der Waals surface area (Å²) in [6, 6.07) is 13.3. The summed E-state index contributed by atoms with van der Waals surface area (Å²) in [5, 5.41) is 20.6. The van der Waals surface area contributed by atoms with Crippen molar-refractivity contribution in [3.63, 3.8) is 0 Å². The molecule has 0 aliphatic carbocycles. The van der Waals surface area contributed by atoms with E-state index in [1.807, 2.05) is 0 Å². The summed E-state index contributed by atoms with van der Waals surface area (Å²) in [6.07, 6.45) is 0. The molecule has 1 N–H and O–H groups in total. The van der Waals surface area contributed by atoms with Crippen molar-refractivity contribution in [2.75, 3.05) is 5.32 Å². The first-order valence-electron chi connectivity index (χ1n) is 7.95. The van der Waals surface area contributed by atoms with Crippen LogP contribution in [0, 0.1) is 5.39 Å². The highest BCUT2D eigenvalue weighted by atomic mass is 32.2. The number of fused-ring (bicyclic) bond motifs is 1. The van der Waals surface area contributed by atoms with Gasteiger partial charge >= 0.3 is 5.69 Å². The van der Waals surface area contributed by atoms with Crippen molar-refractivity contribution >= 4 is 49.5 Å². The van der Waals surface area contributed by atoms with E-state index in [1.54, 1.807) is 24.3 Å². The SMILES string of the molecule is CC(=O)Nc1ccc(N=Nc2ccc([N+]#N)c3ccc(S(=O)(=O)[O-])cc23)cc1. The molecular formula is C18H13N5O4S. The second kappa shape index (κ2) is 7.51. The van der Waals surface area contributed by atoms with Crippen LogP contribution in [0.2, 0.25) is 0 Å². The predicted molar refractivity (Wildman–Crippen MR) is 102 cm³/mol. The second-order valence-electron chi connectivity index (χ2n) is 5.79. The zero-order chi connectivity index (χ0) is 20.3. The molecule has 0 radical (unpaired) electrons. The molecule has 3 aromatic carbocycles. The number of carbonyl (C=O) groups is 1. The summed E-state index contributed by atoms with van der Waals surface area (Å²) in [6.45, 7) is 1.40. The van der Waals surface area contributed by atoms with Crippen molar-refractivity contribution in [1.29, 1.82) is 5.39 Å². The lowest BCUT2D eigenvalue weighted by atomic mass is 10.1. The molecule has 0 saturated carbocycles. The fourth-order valence-electron chi connectivity index (χ4n) is 2.55. The Hall–Kier alpha value is -3.68. The van der Waals surface area contributed by atoms with Crippen LogP contribution in [0.4, 0.5) is 22.7 Å². The molecule has 10 heteroatoms. The lowest BCUT2D eigenvalue weighted by Gasteiger charge is -2.08. The number of rotatable bonds is 4. The maximum atomic E-state index is 11.3. The minimum absolute atomic E-state index is 0.195. The van der Waals surface area contributed by atoms with E-state index in [2.05, 4.69) is 20.5 Å². The van der Waals surface area contributed by atoms with Gasteiger partial charge in [0.05, 0.1) is 21.7 Å². The van der Waals surface area contributed by atoms with Crippen molar-refractivity contribution in [3.8, 4) is 0 Å². The first kappa shape index (κ1) is 19.1. The van der Waals surface area contributed by atoms with Crippen molar-refractivity contribution in [2.45, 2.75) is 11.8 Å². The molecule has 9 nitrogen and oxygen atoms in total. The largest absolute Gasteiger partial charge is 0.744 e. The first-order chi connectivity index (χ1) is 13.3. The van der Waals surface area contributed by atoms with Crippen LogP contribution in [-0.2, 0) is 14.9 Å². The summed E-state index contributed by atoms with van der Waals surface area (Å²) < 4.78 is 34.0. The monoisotopic (exact) mass is 395 g/mol. The standard InChI is InChI=1S/C18H13N5O4S/c1-11(24)20-12-2-4-13(5-3-12)22-23-18-9-8-17(21-19)15-7-6-14(10-16(15)18)28(25,26)27/h2-10H,1H3,(H-,20,23,24,25,26,27). The van der Waals surface area contributed by atoms with E-state index in [1.165, 1.54) is 31.2 Å². The van der Waals surface area contributed by atoms with Gasteiger partial charge in [0.15, 0.2) is 4.98 Å². The highest BCUT2D eigenvalue weighted by Gasteiger charge is 2.16. The molecule has 0 spiro atoms. The smallest absolute Gasteiger partial charge is 0.392 e. The molecule has 0 aliphatic rings. The van der Waals surface area contributed by atoms with Crippen molar-refractivity contribution in [2.24, 2.45) is 10.2 Å². The van der Waals surface area contributed by atoms with Crippen LogP contribution >= 0.6 is 0 Å². The van der Waals surface area contributed by atoms with Crippen LogP contribution in [0.3, 0.4) is 0 Å². The molecule has 3 rings (SSSR count). The molecule has 3 aromatic rings. The maximum Gasteiger partial charge on any atom is 0.392 e. The molecular weight excluding hydrogens is 382 g/mol. The summed E-state index contributed by atoms with van der Waals surface area (Å²) in [5.74, 6) is -0.195. The van der Waals surface area contributed by atoms with Gasteiger partial charge in [-0.15, -0.1) is 5.11 Å². The third kappa shape index (κ3) is 4.17. The van der Waals surface area contributed by atoms with E-state index in [0.29, 0.717) is 27.8 Å². The molecule has 0 unspecified atom stereocenters. The Balaban J connectivity index is 2.03. The highest BCUT2D eigenvalue weighted by molar-refractivity contribution is 7.85. The van der Waals surface area contributed by atoms with Crippen LogP contribution in [0.5, 0.6) is 0 Å². The number of azo groups is 1. The fraction of sp³-hybridized carbons (Fsp3) is 0.0556. The Morgan fingerprint density at radius 1 is 1.04 bits per heavy atom. The summed E-state index contributed by atoms with van der Waals surface area (Å²) in [4.78, 5) is 13.8. The zero-order valence-electron chi connectivity index (χ0n) is 14.5. The van der Waals surface area contributed by atoms with Crippen molar-refractivity contribution in [3.05, 3.63) is 59.6 Å². The molecule has 0 saturated heterocycles.